The van der Waals surface area contributed by atoms with Gasteiger partial charge in [0.1, 0.15) is 11.9 Å². The SMILES string of the molecule is O=C1c2ccc(O[C@@H]3CCCC[C@H]3N3CC(c4ccc(Cl)cn4)C3)cc2CN1N1C(=O)CCCC1=O. The number of imide groups is 1. The van der Waals surface area contributed by atoms with E-state index in [1.165, 1.54) is 11.4 Å². The molecular formula is C27H29ClN4O4. The Bertz CT molecular complexity index is 1180. The number of amides is 3. The summed E-state index contributed by atoms with van der Waals surface area (Å²) < 4.78 is 6.51. The standard InChI is InChI=1S/C27H29ClN4O4/c28-19-8-11-22(29-13-19)18-14-30(15-18)23-4-1-2-5-24(23)36-20-9-10-21-17(12-20)16-31(27(21)35)32-25(33)6-3-7-26(32)34/h8-13,18,23-24H,1-7,14-16H2/t23-,24-/m1/s1. The summed E-state index contributed by atoms with van der Waals surface area (Å²) in [6.07, 6.45) is 7.31. The van der Waals surface area contributed by atoms with Gasteiger partial charge in [0.2, 0.25) is 11.8 Å². The van der Waals surface area contributed by atoms with Crippen molar-refractivity contribution in [2.45, 2.75) is 69.6 Å². The number of likely N-dealkylation sites (tertiary alicyclic amines) is 1. The van der Waals surface area contributed by atoms with E-state index >= 15 is 0 Å². The van der Waals surface area contributed by atoms with E-state index in [9.17, 15) is 14.4 Å². The van der Waals surface area contributed by atoms with Crippen LogP contribution < -0.4 is 4.74 Å². The molecule has 2 aromatic rings. The molecule has 1 aromatic carbocycles. The van der Waals surface area contributed by atoms with E-state index in [-0.39, 0.29) is 43.2 Å². The summed E-state index contributed by atoms with van der Waals surface area (Å²) >= 11 is 5.98. The van der Waals surface area contributed by atoms with Crippen molar-refractivity contribution in [3.05, 3.63) is 58.4 Å². The van der Waals surface area contributed by atoms with E-state index in [0.29, 0.717) is 29.0 Å². The highest BCUT2D eigenvalue weighted by Gasteiger charge is 2.41. The summed E-state index contributed by atoms with van der Waals surface area (Å²) in [5.41, 5.74) is 2.39. The summed E-state index contributed by atoms with van der Waals surface area (Å²) in [6, 6.07) is 9.75. The van der Waals surface area contributed by atoms with E-state index in [4.69, 9.17) is 16.3 Å². The zero-order chi connectivity index (χ0) is 24.8. The van der Waals surface area contributed by atoms with Gasteiger partial charge in [-0.25, -0.2) is 5.01 Å². The number of aromatic nitrogens is 1. The Morgan fingerprint density at radius 3 is 2.47 bits per heavy atom. The van der Waals surface area contributed by atoms with Crippen molar-refractivity contribution in [1.29, 1.82) is 0 Å². The summed E-state index contributed by atoms with van der Waals surface area (Å²) in [4.78, 5) is 44.7. The average molecular weight is 509 g/mol. The lowest BCUT2D eigenvalue weighted by molar-refractivity contribution is -0.163. The lowest BCUT2D eigenvalue weighted by Crippen LogP contribution is -2.57. The van der Waals surface area contributed by atoms with Crippen molar-refractivity contribution in [2.24, 2.45) is 0 Å². The van der Waals surface area contributed by atoms with Gasteiger partial charge < -0.3 is 4.74 Å². The Hall–Kier alpha value is -2.97. The number of hydrogen-bond acceptors (Lipinski definition) is 6. The van der Waals surface area contributed by atoms with Crippen molar-refractivity contribution in [1.82, 2.24) is 19.9 Å². The van der Waals surface area contributed by atoms with Crippen LogP contribution in [0.1, 0.15) is 72.5 Å². The molecule has 0 radical (unpaired) electrons. The fraction of sp³-hybridized carbons (Fsp3) is 0.481. The molecule has 3 amide bonds. The van der Waals surface area contributed by atoms with Gasteiger partial charge in [-0.2, -0.15) is 5.01 Å². The number of piperidine rings is 1. The van der Waals surface area contributed by atoms with Gasteiger partial charge in [-0.3, -0.25) is 24.3 Å². The maximum absolute atomic E-state index is 13.0. The molecule has 1 aliphatic carbocycles. The van der Waals surface area contributed by atoms with E-state index in [2.05, 4.69) is 9.88 Å². The lowest BCUT2D eigenvalue weighted by Gasteiger charge is -2.48. The first-order chi connectivity index (χ1) is 17.5. The topological polar surface area (TPSA) is 83.1 Å². The highest BCUT2D eigenvalue weighted by atomic mass is 35.5. The van der Waals surface area contributed by atoms with Crippen LogP contribution in [-0.4, -0.2) is 62.9 Å². The van der Waals surface area contributed by atoms with Crippen LogP contribution in [0.4, 0.5) is 0 Å². The maximum Gasteiger partial charge on any atom is 0.273 e. The number of benzene rings is 1. The predicted molar refractivity (Wildman–Crippen MR) is 132 cm³/mol. The Morgan fingerprint density at radius 2 is 1.72 bits per heavy atom. The van der Waals surface area contributed by atoms with Crippen LogP contribution in [0.2, 0.25) is 5.02 Å². The number of carbonyl (C=O) groups is 3. The van der Waals surface area contributed by atoms with Crippen molar-refractivity contribution < 1.29 is 19.1 Å². The average Bonchev–Trinajstić information content (AvgIpc) is 3.15. The molecule has 2 atom stereocenters. The molecule has 4 aliphatic rings. The smallest absolute Gasteiger partial charge is 0.273 e. The first kappa shape index (κ1) is 23.4. The van der Waals surface area contributed by atoms with Gasteiger partial charge in [-0.15, -0.1) is 0 Å². The van der Waals surface area contributed by atoms with Crippen LogP contribution >= 0.6 is 11.6 Å². The summed E-state index contributed by atoms with van der Waals surface area (Å²) in [5.74, 6) is 0.222. The number of halogens is 1. The zero-order valence-electron chi connectivity index (χ0n) is 20.1. The molecule has 9 heteroatoms. The number of fused-ring (bicyclic) bond motifs is 1. The number of hydrogen-bond donors (Lipinski definition) is 0. The predicted octanol–water partition coefficient (Wildman–Crippen LogP) is 3.93. The minimum Gasteiger partial charge on any atom is -0.489 e. The van der Waals surface area contributed by atoms with E-state index in [1.807, 2.05) is 24.3 Å². The second-order valence-corrected chi connectivity index (χ2v) is 10.6. The van der Waals surface area contributed by atoms with Crippen molar-refractivity contribution in [3.8, 4) is 5.75 Å². The molecule has 0 N–H and O–H groups in total. The summed E-state index contributed by atoms with van der Waals surface area (Å²) in [7, 11) is 0. The normalized spacial score (nSPS) is 25.2. The van der Waals surface area contributed by atoms with Gasteiger partial charge in [-0.1, -0.05) is 18.0 Å². The van der Waals surface area contributed by atoms with Gasteiger partial charge >= 0.3 is 0 Å². The van der Waals surface area contributed by atoms with Crippen LogP contribution in [0.15, 0.2) is 36.5 Å². The third-order valence-electron chi connectivity index (χ3n) is 7.86. The molecule has 1 aromatic heterocycles. The Balaban J connectivity index is 1.13. The summed E-state index contributed by atoms with van der Waals surface area (Å²) in [6.45, 7) is 2.13. The third-order valence-corrected chi connectivity index (χ3v) is 8.08. The molecule has 0 bridgehead atoms. The molecule has 4 heterocycles. The number of ether oxygens (including phenoxy) is 1. The van der Waals surface area contributed by atoms with Crippen LogP contribution in [0, 0.1) is 0 Å². The first-order valence-corrected chi connectivity index (χ1v) is 13.2. The zero-order valence-corrected chi connectivity index (χ0v) is 20.8. The van der Waals surface area contributed by atoms with Crippen LogP contribution in [0.25, 0.3) is 0 Å². The molecule has 3 fully saturated rings. The van der Waals surface area contributed by atoms with Crippen molar-refractivity contribution in [3.63, 3.8) is 0 Å². The van der Waals surface area contributed by atoms with Crippen LogP contribution in [0.5, 0.6) is 5.75 Å². The van der Waals surface area contributed by atoms with Crippen LogP contribution in [0.3, 0.4) is 0 Å². The number of hydrazine groups is 1. The highest BCUT2D eigenvalue weighted by molar-refractivity contribution is 6.30. The van der Waals surface area contributed by atoms with Gasteiger partial charge in [0.25, 0.3) is 5.91 Å². The molecule has 36 heavy (non-hydrogen) atoms. The fourth-order valence-electron chi connectivity index (χ4n) is 5.93. The molecule has 3 aliphatic heterocycles. The van der Waals surface area contributed by atoms with Gasteiger partial charge in [0, 0.05) is 55.3 Å². The van der Waals surface area contributed by atoms with E-state index < -0.39 is 0 Å². The largest absolute Gasteiger partial charge is 0.489 e. The minimum absolute atomic E-state index is 0.0781. The van der Waals surface area contributed by atoms with Crippen molar-refractivity contribution >= 4 is 29.3 Å². The quantitative estimate of drug-likeness (QED) is 0.569. The molecule has 0 unspecified atom stereocenters. The molecule has 1 saturated carbocycles. The molecule has 0 spiro atoms. The Labute approximate surface area is 215 Å². The summed E-state index contributed by atoms with van der Waals surface area (Å²) in [5, 5.41) is 2.98. The molecule has 188 valence electrons. The highest BCUT2D eigenvalue weighted by Crippen LogP contribution is 2.36. The number of nitrogens with zero attached hydrogens (tertiary/aromatic N) is 4. The Morgan fingerprint density at radius 1 is 0.944 bits per heavy atom. The number of rotatable bonds is 5. The second kappa shape index (κ2) is 9.48. The van der Waals surface area contributed by atoms with Gasteiger partial charge in [0.15, 0.2) is 0 Å². The number of carbonyl (C=O) groups excluding carboxylic acids is 3. The lowest BCUT2D eigenvalue weighted by atomic mass is 9.85. The second-order valence-electron chi connectivity index (χ2n) is 10.2. The molecule has 8 nitrogen and oxygen atoms in total. The number of pyridine rings is 1. The van der Waals surface area contributed by atoms with Crippen molar-refractivity contribution in [2.75, 3.05) is 13.1 Å². The fourth-order valence-corrected chi connectivity index (χ4v) is 6.05. The molecular weight excluding hydrogens is 480 g/mol. The molecule has 2 saturated heterocycles. The monoisotopic (exact) mass is 508 g/mol. The van der Waals surface area contributed by atoms with Gasteiger partial charge in [0.05, 0.1) is 11.6 Å². The van der Waals surface area contributed by atoms with Gasteiger partial charge in [-0.05, 0) is 61.6 Å². The van der Waals surface area contributed by atoms with E-state index in [0.717, 1.165) is 54.4 Å². The molecule has 6 rings (SSSR count). The third kappa shape index (κ3) is 4.26. The maximum atomic E-state index is 13.0. The first-order valence-electron chi connectivity index (χ1n) is 12.8. The van der Waals surface area contributed by atoms with E-state index in [1.54, 1.807) is 12.3 Å². The minimum atomic E-state index is -0.310. The van der Waals surface area contributed by atoms with Crippen LogP contribution in [-0.2, 0) is 16.1 Å². The Kier molecular flexibility index (Phi) is 6.17.